The smallest absolute Gasteiger partial charge is 0.138 e. The van der Waals surface area contributed by atoms with Gasteiger partial charge in [0, 0.05) is 32.0 Å². The molecule has 3 aromatic rings. The Hall–Kier alpha value is -1.92. The van der Waals surface area contributed by atoms with Gasteiger partial charge in [-0.05, 0) is 35.2 Å². The summed E-state index contributed by atoms with van der Waals surface area (Å²) in [6.45, 7) is 2.00. The zero-order valence-corrected chi connectivity index (χ0v) is 16.9. The van der Waals surface area contributed by atoms with Crippen LogP contribution in [-0.4, -0.2) is 26.4 Å². The molecule has 2 N–H and O–H groups in total. The SMILES string of the molecule is OC(CNCc1cccc(C2CCc3ncnn3C2)c1)c1ccc(Cl)c(Cl)c1. The third-order valence-corrected chi connectivity index (χ3v) is 5.96. The Kier molecular flexibility index (Phi) is 5.97. The van der Waals surface area contributed by atoms with Crippen LogP contribution >= 0.6 is 23.2 Å². The van der Waals surface area contributed by atoms with Crippen LogP contribution in [0.3, 0.4) is 0 Å². The molecule has 2 atom stereocenters. The van der Waals surface area contributed by atoms with E-state index in [-0.39, 0.29) is 0 Å². The first-order chi connectivity index (χ1) is 13.6. The van der Waals surface area contributed by atoms with Gasteiger partial charge < -0.3 is 10.4 Å². The lowest BCUT2D eigenvalue weighted by Gasteiger charge is -2.23. The van der Waals surface area contributed by atoms with Gasteiger partial charge in [-0.25, -0.2) is 9.67 Å². The van der Waals surface area contributed by atoms with Crippen LogP contribution in [0.15, 0.2) is 48.8 Å². The number of nitrogens with one attached hydrogen (secondary N) is 1. The molecule has 7 heteroatoms. The Balaban J connectivity index is 1.34. The molecule has 2 heterocycles. The van der Waals surface area contributed by atoms with Gasteiger partial charge in [-0.1, -0.05) is 53.5 Å². The predicted molar refractivity (Wildman–Crippen MR) is 111 cm³/mol. The number of rotatable bonds is 6. The number of halogens is 2. The third kappa shape index (κ3) is 4.39. The highest BCUT2D eigenvalue weighted by Gasteiger charge is 2.21. The molecule has 1 aliphatic heterocycles. The molecule has 0 saturated heterocycles. The third-order valence-electron chi connectivity index (χ3n) is 5.22. The highest BCUT2D eigenvalue weighted by Crippen LogP contribution is 2.28. The molecule has 0 amide bonds. The second-order valence-corrected chi connectivity index (χ2v) is 7.97. The van der Waals surface area contributed by atoms with Gasteiger partial charge in [0.2, 0.25) is 0 Å². The van der Waals surface area contributed by atoms with Crippen molar-refractivity contribution >= 4 is 23.2 Å². The van der Waals surface area contributed by atoms with Crippen molar-refractivity contribution in [2.75, 3.05) is 6.54 Å². The zero-order valence-electron chi connectivity index (χ0n) is 15.4. The number of aliphatic hydroxyl groups excluding tert-OH is 1. The van der Waals surface area contributed by atoms with Crippen LogP contribution in [0.4, 0.5) is 0 Å². The quantitative estimate of drug-likeness (QED) is 0.633. The average Bonchev–Trinajstić information content (AvgIpc) is 3.18. The summed E-state index contributed by atoms with van der Waals surface area (Å²) in [5.41, 5.74) is 3.27. The first-order valence-electron chi connectivity index (χ1n) is 9.39. The largest absolute Gasteiger partial charge is 0.387 e. The van der Waals surface area contributed by atoms with E-state index in [9.17, 15) is 5.11 Å². The number of fused-ring (bicyclic) bond motifs is 1. The van der Waals surface area contributed by atoms with Crippen molar-refractivity contribution in [3.63, 3.8) is 0 Å². The number of benzene rings is 2. The van der Waals surface area contributed by atoms with Crippen molar-refractivity contribution in [3.8, 4) is 0 Å². The van der Waals surface area contributed by atoms with Crippen LogP contribution in [0, 0.1) is 0 Å². The fourth-order valence-electron chi connectivity index (χ4n) is 3.66. The molecular formula is C21H22Cl2N4O. The first kappa shape index (κ1) is 19.4. The molecule has 2 aromatic carbocycles. The van der Waals surface area contributed by atoms with Crippen molar-refractivity contribution in [1.82, 2.24) is 20.1 Å². The topological polar surface area (TPSA) is 63.0 Å². The van der Waals surface area contributed by atoms with E-state index in [1.54, 1.807) is 24.5 Å². The summed E-state index contributed by atoms with van der Waals surface area (Å²) in [5.74, 6) is 1.53. The Morgan fingerprint density at radius 1 is 1.18 bits per heavy atom. The monoisotopic (exact) mass is 416 g/mol. The van der Waals surface area contributed by atoms with Crippen molar-refractivity contribution in [1.29, 1.82) is 0 Å². The van der Waals surface area contributed by atoms with Gasteiger partial charge >= 0.3 is 0 Å². The minimum absolute atomic E-state index is 0.438. The Bertz CT molecular complexity index is 959. The maximum absolute atomic E-state index is 10.4. The Morgan fingerprint density at radius 2 is 2.07 bits per heavy atom. The Morgan fingerprint density at radius 3 is 2.93 bits per heavy atom. The van der Waals surface area contributed by atoms with Crippen LogP contribution in [0.5, 0.6) is 0 Å². The lowest BCUT2D eigenvalue weighted by Crippen LogP contribution is -2.22. The Labute approximate surface area is 174 Å². The van der Waals surface area contributed by atoms with Crippen molar-refractivity contribution in [3.05, 3.63) is 81.4 Å². The van der Waals surface area contributed by atoms with E-state index >= 15 is 0 Å². The molecule has 0 bridgehead atoms. The molecule has 1 aromatic heterocycles. The van der Waals surface area contributed by atoms with E-state index in [0.717, 1.165) is 30.8 Å². The lowest BCUT2D eigenvalue weighted by atomic mass is 9.91. The standard InChI is InChI=1S/C21H22Cl2N4O/c22-18-6-4-16(9-19(18)23)20(28)11-24-10-14-2-1-3-15(8-14)17-5-7-21-25-13-26-27(21)12-17/h1-4,6,8-9,13,17,20,24,28H,5,7,10-12H2. The van der Waals surface area contributed by atoms with E-state index in [0.29, 0.717) is 29.1 Å². The molecule has 5 nitrogen and oxygen atoms in total. The number of hydrogen-bond acceptors (Lipinski definition) is 4. The molecule has 0 saturated carbocycles. The summed E-state index contributed by atoms with van der Waals surface area (Å²) in [6, 6.07) is 13.8. The lowest BCUT2D eigenvalue weighted by molar-refractivity contribution is 0.174. The molecule has 0 spiro atoms. The van der Waals surface area contributed by atoms with E-state index in [1.807, 2.05) is 4.68 Å². The van der Waals surface area contributed by atoms with E-state index in [4.69, 9.17) is 23.2 Å². The van der Waals surface area contributed by atoms with Gasteiger partial charge in [0.25, 0.3) is 0 Å². The number of aryl methyl sites for hydroxylation is 1. The number of aliphatic hydroxyl groups is 1. The fraction of sp³-hybridized carbons (Fsp3) is 0.333. The highest BCUT2D eigenvalue weighted by molar-refractivity contribution is 6.42. The van der Waals surface area contributed by atoms with Crippen molar-refractivity contribution in [2.45, 2.75) is 38.0 Å². The minimum atomic E-state index is -0.637. The molecule has 146 valence electrons. The van der Waals surface area contributed by atoms with Gasteiger partial charge in [-0.2, -0.15) is 5.10 Å². The van der Waals surface area contributed by atoms with Crippen LogP contribution in [0.25, 0.3) is 0 Å². The second kappa shape index (κ2) is 8.62. The maximum Gasteiger partial charge on any atom is 0.138 e. The molecule has 0 aliphatic carbocycles. The number of aromatic nitrogens is 3. The maximum atomic E-state index is 10.4. The summed E-state index contributed by atoms with van der Waals surface area (Å²) in [5, 5.41) is 18.9. The summed E-state index contributed by atoms with van der Waals surface area (Å²) >= 11 is 12.0. The summed E-state index contributed by atoms with van der Waals surface area (Å²) in [6.07, 6.45) is 3.05. The van der Waals surface area contributed by atoms with E-state index in [2.05, 4.69) is 39.7 Å². The summed E-state index contributed by atoms with van der Waals surface area (Å²) in [4.78, 5) is 4.30. The van der Waals surface area contributed by atoms with Crippen LogP contribution in [0.1, 0.15) is 41.0 Å². The molecule has 28 heavy (non-hydrogen) atoms. The summed E-state index contributed by atoms with van der Waals surface area (Å²) < 4.78 is 2.01. The zero-order chi connectivity index (χ0) is 19.5. The van der Waals surface area contributed by atoms with E-state index in [1.165, 1.54) is 11.1 Å². The van der Waals surface area contributed by atoms with Crippen LogP contribution < -0.4 is 5.32 Å². The van der Waals surface area contributed by atoms with Crippen molar-refractivity contribution in [2.24, 2.45) is 0 Å². The first-order valence-corrected chi connectivity index (χ1v) is 10.1. The van der Waals surface area contributed by atoms with Crippen LogP contribution in [-0.2, 0) is 19.5 Å². The van der Waals surface area contributed by atoms with Crippen molar-refractivity contribution < 1.29 is 5.11 Å². The minimum Gasteiger partial charge on any atom is -0.387 e. The van der Waals surface area contributed by atoms with E-state index < -0.39 is 6.10 Å². The molecule has 0 fully saturated rings. The highest BCUT2D eigenvalue weighted by atomic mass is 35.5. The molecular weight excluding hydrogens is 395 g/mol. The molecule has 2 unspecified atom stereocenters. The molecule has 1 aliphatic rings. The predicted octanol–water partition coefficient (Wildman–Crippen LogP) is 4.14. The number of hydrogen-bond donors (Lipinski definition) is 2. The van der Waals surface area contributed by atoms with Gasteiger partial charge in [0.05, 0.1) is 16.1 Å². The summed E-state index contributed by atoms with van der Waals surface area (Å²) in [7, 11) is 0. The molecule has 4 rings (SSSR count). The average molecular weight is 417 g/mol. The second-order valence-electron chi connectivity index (χ2n) is 7.16. The van der Waals surface area contributed by atoms with Gasteiger partial charge in [0.1, 0.15) is 12.2 Å². The van der Waals surface area contributed by atoms with Crippen LogP contribution in [0.2, 0.25) is 10.0 Å². The number of nitrogens with zero attached hydrogens (tertiary/aromatic N) is 3. The normalized spacial score (nSPS) is 17.3. The van der Waals surface area contributed by atoms with Gasteiger partial charge in [-0.15, -0.1) is 0 Å². The van der Waals surface area contributed by atoms with Gasteiger partial charge in [-0.3, -0.25) is 0 Å². The fourth-order valence-corrected chi connectivity index (χ4v) is 3.96. The van der Waals surface area contributed by atoms with Gasteiger partial charge in [0.15, 0.2) is 0 Å². The molecule has 0 radical (unpaired) electrons.